The third kappa shape index (κ3) is 3.25. The highest BCUT2D eigenvalue weighted by molar-refractivity contribution is 7.17. The van der Waals surface area contributed by atoms with Crippen LogP contribution in [0.4, 0.5) is 0 Å². The molecule has 0 saturated heterocycles. The van der Waals surface area contributed by atoms with Crippen molar-refractivity contribution in [3.8, 4) is 0 Å². The fourth-order valence-electron chi connectivity index (χ4n) is 1.54. The van der Waals surface area contributed by atoms with Crippen molar-refractivity contribution in [2.45, 2.75) is 13.0 Å². The standard InChI is InChI=1S/C13H11Cl2NOS/c1-8(9-2-4-10(14)5-3-9)16-13(17)11-6-7-12(15)18-11/h2-8H,1H3,(H,16,17). The molecular weight excluding hydrogens is 289 g/mol. The maximum atomic E-state index is 11.9. The monoisotopic (exact) mass is 299 g/mol. The summed E-state index contributed by atoms with van der Waals surface area (Å²) in [6.07, 6.45) is 0. The van der Waals surface area contributed by atoms with Crippen LogP contribution in [0, 0.1) is 0 Å². The van der Waals surface area contributed by atoms with Gasteiger partial charge in [-0.25, -0.2) is 0 Å². The van der Waals surface area contributed by atoms with Gasteiger partial charge in [0.2, 0.25) is 0 Å². The van der Waals surface area contributed by atoms with Gasteiger partial charge in [-0.05, 0) is 36.8 Å². The van der Waals surface area contributed by atoms with E-state index in [9.17, 15) is 4.79 Å². The molecule has 0 spiro atoms. The SMILES string of the molecule is CC(NC(=O)c1ccc(Cl)s1)c1ccc(Cl)cc1. The lowest BCUT2D eigenvalue weighted by molar-refractivity contribution is 0.0944. The van der Waals surface area contributed by atoms with Crippen molar-refractivity contribution in [2.24, 2.45) is 0 Å². The summed E-state index contributed by atoms with van der Waals surface area (Å²) in [5.41, 5.74) is 1.01. The average Bonchev–Trinajstić information content (AvgIpc) is 2.76. The quantitative estimate of drug-likeness (QED) is 0.885. The van der Waals surface area contributed by atoms with Gasteiger partial charge in [0, 0.05) is 5.02 Å². The van der Waals surface area contributed by atoms with Crippen LogP contribution >= 0.6 is 34.5 Å². The Morgan fingerprint density at radius 3 is 2.39 bits per heavy atom. The summed E-state index contributed by atoms with van der Waals surface area (Å²) in [4.78, 5) is 12.5. The van der Waals surface area contributed by atoms with Gasteiger partial charge in [0.05, 0.1) is 15.3 Å². The molecule has 1 atom stereocenters. The number of amides is 1. The number of halogens is 2. The number of hydrogen-bond donors (Lipinski definition) is 1. The van der Waals surface area contributed by atoms with Gasteiger partial charge in [-0.1, -0.05) is 35.3 Å². The van der Waals surface area contributed by atoms with Crippen molar-refractivity contribution in [2.75, 3.05) is 0 Å². The van der Waals surface area contributed by atoms with Crippen LogP contribution < -0.4 is 5.32 Å². The van der Waals surface area contributed by atoms with Crippen LogP contribution in [0.5, 0.6) is 0 Å². The smallest absolute Gasteiger partial charge is 0.261 e. The zero-order chi connectivity index (χ0) is 13.1. The Morgan fingerprint density at radius 2 is 1.83 bits per heavy atom. The Bertz CT molecular complexity index is 550. The van der Waals surface area contributed by atoms with E-state index in [0.717, 1.165) is 5.56 Å². The van der Waals surface area contributed by atoms with Crippen molar-refractivity contribution in [3.63, 3.8) is 0 Å². The molecule has 0 fully saturated rings. The summed E-state index contributed by atoms with van der Waals surface area (Å²) in [6, 6.07) is 10.8. The summed E-state index contributed by atoms with van der Waals surface area (Å²) in [5, 5.41) is 3.60. The summed E-state index contributed by atoms with van der Waals surface area (Å²) >= 11 is 12.9. The Balaban J connectivity index is 2.05. The van der Waals surface area contributed by atoms with Crippen LogP contribution in [0.2, 0.25) is 9.36 Å². The van der Waals surface area contributed by atoms with Crippen molar-refractivity contribution >= 4 is 40.4 Å². The van der Waals surface area contributed by atoms with Crippen LogP contribution in [0.15, 0.2) is 36.4 Å². The molecule has 0 bridgehead atoms. The highest BCUT2D eigenvalue weighted by atomic mass is 35.5. The van der Waals surface area contributed by atoms with E-state index in [-0.39, 0.29) is 11.9 Å². The van der Waals surface area contributed by atoms with Crippen molar-refractivity contribution in [1.29, 1.82) is 0 Å². The lowest BCUT2D eigenvalue weighted by Crippen LogP contribution is -2.25. The number of carbonyl (C=O) groups excluding carboxylic acids is 1. The molecule has 2 aromatic rings. The molecule has 0 saturated carbocycles. The summed E-state index contributed by atoms with van der Waals surface area (Å²) < 4.78 is 0.610. The Hall–Kier alpha value is -1.03. The molecule has 1 amide bonds. The zero-order valence-electron chi connectivity index (χ0n) is 9.61. The highest BCUT2D eigenvalue weighted by Crippen LogP contribution is 2.22. The second-order valence-corrected chi connectivity index (χ2v) is 6.00. The Morgan fingerprint density at radius 1 is 1.17 bits per heavy atom. The molecule has 18 heavy (non-hydrogen) atoms. The molecule has 5 heteroatoms. The van der Waals surface area contributed by atoms with Gasteiger partial charge in [-0.15, -0.1) is 11.3 Å². The van der Waals surface area contributed by atoms with Crippen LogP contribution in [-0.4, -0.2) is 5.91 Å². The molecule has 1 aromatic heterocycles. The minimum atomic E-state index is -0.116. The van der Waals surface area contributed by atoms with E-state index in [1.807, 2.05) is 31.2 Å². The van der Waals surface area contributed by atoms with Gasteiger partial charge in [-0.2, -0.15) is 0 Å². The van der Waals surface area contributed by atoms with Gasteiger partial charge in [0.25, 0.3) is 5.91 Å². The topological polar surface area (TPSA) is 29.1 Å². The minimum absolute atomic E-state index is 0.0735. The lowest BCUT2D eigenvalue weighted by Gasteiger charge is -2.13. The highest BCUT2D eigenvalue weighted by Gasteiger charge is 2.13. The third-order valence-corrected chi connectivity index (χ3v) is 4.00. The van der Waals surface area contributed by atoms with Gasteiger partial charge in [0.15, 0.2) is 0 Å². The lowest BCUT2D eigenvalue weighted by atomic mass is 10.1. The first-order valence-electron chi connectivity index (χ1n) is 5.38. The van der Waals surface area contributed by atoms with Gasteiger partial charge < -0.3 is 5.32 Å². The first-order chi connectivity index (χ1) is 8.56. The molecule has 0 radical (unpaired) electrons. The number of thiophene rings is 1. The molecule has 1 heterocycles. The molecule has 2 rings (SSSR count). The van der Waals surface area contributed by atoms with E-state index in [2.05, 4.69) is 5.32 Å². The van der Waals surface area contributed by atoms with Gasteiger partial charge in [-0.3, -0.25) is 4.79 Å². The molecule has 1 aromatic carbocycles. The molecule has 1 N–H and O–H groups in total. The van der Waals surface area contributed by atoms with Crippen LogP contribution in [0.3, 0.4) is 0 Å². The number of carbonyl (C=O) groups is 1. The second kappa shape index (κ2) is 5.74. The second-order valence-electron chi connectivity index (χ2n) is 3.85. The van der Waals surface area contributed by atoms with Crippen LogP contribution in [0.1, 0.15) is 28.2 Å². The summed E-state index contributed by atoms with van der Waals surface area (Å²) in [7, 11) is 0. The maximum absolute atomic E-state index is 11.9. The van der Waals surface area contributed by atoms with E-state index < -0.39 is 0 Å². The van der Waals surface area contributed by atoms with E-state index in [4.69, 9.17) is 23.2 Å². The molecule has 0 aliphatic carbocycles. The maximum Gasteiger partial charge on any atom is 0.261 e. The van der Waals surface area contributed by atoms with Crippen molar-refractivity contribution in [3.05, 3.63) is 56.2 Å². The summed E-state index contributed by atoms with van der Waals surface area (Å²) in [6.45, 7) is 1.93. The third-order valence-electron chi connectivity index (χ3n) is 2.51. The predicted molar refractivity (Wildman–Crippen MR) is 76.7 cm³/mol. The molecule has 1 unspecified atom stereocenters. The van der Waals surface area contributed by atoms with E-state index in [0.29, 0.717) is 14.2 Å². The number of rotatable bonds is 3. The van der Waals surface area contributed by atoms with Crippen molar-refractivity contribution < 1.29 is 4.79 Å². The fraction of sp³-hybridized carbons (Fsp3) is 0.154. The van der Waals surface area contributed by atoms with Crippen molar-refractivity contribution in [1.82, 2.24) is 5.32 Å². The number of nitrogens with one attached hydrogen (secondary N) is 1. The fourth-order valence-corrected chi connectivity index (χ4v) is 2.61. The zero-order valence-corrected chi connectivity index (χ0v) is 11.9. The molecule has 94 valence electrons. The Kier molecular flexibility index (Phi) is 4.27. The predicted octanol–water partition coefficient (Wildman–Crippen LogP) is 4.55. The van der Waals surface area contributed by atoms with Gasteiger partial charge >= 0.3 is 0 Å². The summed E-state index contributed by atoms with van der Waals surface area (Å²) in [5.74, 6) is -0.116. The number of benzene rings is 1. The van der Waals surface area contributed by atoms with E-state index in [1.54, 1.807) is 12.1 Å². The first kappa shape index (κ1) is 13.4. The molecule has 0 aliphatic rings. The van der Waals surface area contributed by atoms with Crippen LogP contribution in [0.25, 0.3) is 0 Å². The van der Waals surface area contributed by atoms with Gasteiger partial charge in [0.1, 0.15) is 0 Å². The minimum Gasteiger partial charge on any atom is -0.345 e. The van der Waals surface area contributed by atoms with E-state index in [1.165, 1.54) is 11.3 Å². The Labute approximate surface area is 120 Å². The largest absolute Gasteiger partial charge is 0.345 e. The average molecular weight is 300 g/mol. The molecular formula is C13H11Cl2NOS. The van der Waals surface area contributed by atoms with E-state index >= 15 is 0 Å². The molecule has 0 aliphatic heterocycles. The van der Waals surface area contributed by atoms with Crippen LogP contribution in [-0.2, 0) is 0 Å². The first-order valence-corrected chi connectivity index (χ1v) is 6.95. The normalized spacial score (nSPS) is 12.2. The molecule has 2 nitrogen and oxygen atoms in total. The number of hydrogen-bond acceptors (Lipinski definition) is 2.